The summed E-state index contributed by atoms with van der Waals surface area (Å²) in [5, 5.41) is 12.8. The van der Waals surface area contributed by atoms with E-state index in [9.17, 15) is 5.11 Å². The topological polar surface area (TPSA) is 45.4 Å². The van der Waals surface area contributed by atoms with Crippen LogP contribution in [0.4, 0.5) is 0 Å². The van der Waals surface area contributed by atoms with E-state index in [-0.39, 0.29) is 12.6 Å². The number of nitrogens with one attached hydrogen (secondary N) is 1. The summed E-state index contributed by atoms with van der Waals surface area (Å²) in [4.78, 5) is 0. The molecular weight excluding hydrogens is 250 g/mol. The first-order valence-electron chi connectivity index (χ1n) is 7.25. The van der Waals surface area contributed by atoms with Crippen molar-refractivity contribution in [2.24, 2.45) is 5.92 Å². The number of aliphatic hydroxyl groups is 1. The largest absolute Gasteiger partial charge is 0.464 e. The smallest absolute Gasteiger partial charge is 0.117 e. The molecule has 1 aliphatic rings. The van der Waals surface area contributed by atoms with E-state index in [1.165, 1.54) is 6.42 Å². The molecule has 0 saturated heterocycles. The zero-order valence-corrected chi connectivity index (χ0v) is 11.8. The second-order valence-electron chi connectivity index (χ2n) is 5.65. The SMILES string of the molecule is CC1CC1c1ccc(CNC(CO)c2ccccc2)o1. The molecule has 3 heteroatoms. The second-order valence-corrected chi connectivity index (χ2v) is 5.65. The van der Waals surface area contributed by atoms with Gasteiger partial charge < -0.3 is 14.8 Å². The summed E-state index contributed by atoms with van der Waals surface area (Å²) in [5.41, 5.74) is 1.09. The van der Waals surface area contributed by atoms with Gasteiger partial charge in [-0.2, -0.15) is 0 Å². The average molecular weight is 271 g/mol. The Morgan fingerprint density at radius 1 is 1.25 bits per heavy atom. The fourth-order valence-corrected chi connectivity index (χ4v) is 2.60. The van der Waals surface area contributed by atoms with Gasteiger partial charge in [-0.15, -0.1) is 0 Å². The first kappa shape index (κ1) is 13.4. The van der Waals surface area contributed by atoms with Crippen LogP contribution in [0.15, 0.2) is 46.9 Å². The number of aliphatic hydroxyl groups excluding tert-OH is 1. The van der Waals surface area contributed by atoms with Crippen LogP contribution in [0.1, 0.15) is 42.4 Å². The van der Waals surface area contributed by atoms with Crippen molar-refractivity contribution < 1.29 is 9.52 Å². The highest BCUT2D eigenvalue weighted by molar-refractivity contribution is 5.20. The summed E-state index contributed by atoms with van der Waals surface area (Å²) >= 11 is 0. The van der Waals surface area contributed by atoms with Crippen molar-refractivity contribution in [2.75, 3.05) is 6.61 Å². The van der Waals surface area contributed by atoms with Crippen molar-refractivity contribution in [1.29, 1.82) is 0 Å². The Kier molecular flexibility index (Phi) is 3.90. The van der Waals surface area contributed by atoms with E-state index in [1.54, 1.807) is 0 Å². The van der Waals surface area contributed by atoms with Crippen LogP contribution >= 0.6 is 0 Å². The molecule has 1 heterocycles. The molecule has 3 nitrogen and oxygen atoms in total. The Morgan fingerprint density at radius 2 is 2.00 bits per heavy atom. The maximum Gasteiger partial charge on any atom is 0.117 e. The molecule has 1 aliphatic carbocycles. The van der Waals surface area contributed by atoms with Crippen LogP contribution in [-0.2, 0) is 6.54 Å². The average Bonchev–Trinajstić information content (AvgIpc) is 3.02. The normalized spacial score (nSPS) is 22.7. The molecule has 0 aliphatic heterocycles. The van der Waals surface area contributed by atoms with Gasteiger partial charge in [0.25, 0.3) is 0 Å². The standard InChI is InChI=1S/C17H21NO2/c1-12-9-15(12)17-8-7-14(20-17)10-18-16(11-19)13-5-3-2-4-6-13/h2-8,12,15-16,18-19H,9-11H2,1H3. The zero-order chi connectivity index (χ0) is 13.9. The summed E-state index contributed by atoms with van der Waals surface area (Å²) in [5.74, 6) is 3.42. The summed E-state index contributed by atoms with van der Waals surface area (Å²) < 4.78 is 5.86. The van der Waals surface area contributed by atoms with Gasteiger partial charge in [0.2, 0.25) is 0 Å². The van der Waals surface area contributed by atoms with Gasteiger partial charge in [0.05, 0.1) is 19.2 Å². The Bertz CT molecular complexity index is 549. The molecule has 3 atom stereocenters. The third kappa shape index (κ3) is 2.94. The van der Waals surface area contributed by atoms with Crippen molar-refractivity contribution in [3.63, 3.8) is 0 Å². The van der Waals surface area contributed by atoms with Crippen LogP contribution in [0.25, 0.3) is 0 Å². The molecular formula is C17H21NO2. The number of hydrogen-bond acceptors (Lipinski definition) is 3. The van der Waals surface area contributed by atoms with Crippen molar-refractivity contribution in [2.45, 2.75) is 31.8 Å². The summed E-state index contributed by atoms with van der Waals surface area (Å²) in [7, 11) is 0. The summed E-state index contributed by atoms with van der Waals surface area (Å²) in [6.45, 7) is 2.97. The summed E-state index contributed by atoms with van der Waals surface area (Å²) in [6, 6.07) is 14.1. The van der Waals surface area contributed by atoms with Gasteiger partial charge in [-0.05, 0) is 30.0 Å². The number of furan rings is 1. The maximum absolute atomic E-state index is 9.50. The minimum absolute atomic E-state index is 0.0513. The zero-order valence-electron chi connectivity index (χ0n) is 11.8. The third-order valence-corrected chi connectivity index (χ3v) is 4.06. The fourth-order valence-electron chi connectivity index (χ4n) is 2.60. The lowest BCUT2D eigenvalue weighted by molar-refractivity contribution is 0.240. The van der Waals surface area contributed by atoms with Crippen molar-refractivity contribution in [3.8, 4) is 0 Å². The van der Waals surface area contributed by atoms with E-state index < -0.39 is 0 Å². The van der Waals surface area contributed by atoms with Gasteiger partial charge in [0.15, 0.2) is 0 Å². The molecule has 1 fully saturated rings. The molecule has 0 spiro atoms. The van der Waals surface area contributed by atoms with E-state index in [4.69, 9.17) is 4.42 Å². The Balaban J connectivity index is 1.59. The van der Waals surface area contributed by atoms with Crippen molar-refractivity contribution in [1.82, 2.24) is 5.32 Å². The molecule has 3 unspecified atom stereocenters. The molecule has 2 N–H and O–H groups in total. The first-order valence-corrected chi connectivity index (χ1v) is 7.25. The van der Waals surface area contributed by atoms with E-state index >= 15 is 0 Å². The first-order chi connectivity index (χ1) is 9.78. The van der Waals surface area contributed by atoms with E-state index in [1.807, 2.05) is 36.4 Å². The highest BCUT2D eigenvalue weighted by atomic mass is 16.3. The fraction of sp³-hybridized carbons (Fsp3) is 0.412. The van der Waals surface area contributed by atoms with Gasteiger partial charge in [-0.1, -0.05) is 37.3 Å². The van der Waals surface area contributed by atoms with Crippen LogP contribution < -0.4 is 5.32 Å². The third-order valence-electron chi connectivity index (χ3n) is 4.06. The molecule has 2 aromatic rings. The van der Waals surface area contributed by atoms with Gasteiger partial charge in [0, 0.05) is 5.92 Å². The lowest BCUT2D eigenvalue weighted by Gasteiger charge is -2.15. The molecule has 20 heavy (non-hydrogen) atoms. The van der Waals surface area contributed by atoms with Crippen LogP contribution in [0.3, 0.4) is 0 Å². The maximum atomic E-state index is 9.50. The van der Waals surface area contributed by atoms with Crippen LogP contribution in [0.5, 0.6) is 0 Å². The molecule has 1 aromatic carbocycles. The lowest BCUT2D eigenvalue weighted by atomic mass is 10.1. The predicted molar refractivity (Wildman–Crippen MR) is 78.3 cm³/mol. The molecule has 0 radical (unpaired) electrons. The molecule has 3 rings (SSSR count). The highest BCUT2D eigenvalue weighted by Crippen LogP contribution is 2.47. The second kappa shape index (κ2) is 5.81. The van der Waals surface area contributed by atoms with Crippen LogP contribution in [0.2, 0.25) is 0 Å². The summed E-state index contributed by atoms with van der Waals surface area (Å²) in [6.07, 6.45) is 1.24. The Labute approximate surface area is 119 Å². The molecule has 0 bridgehead atoms. The van der Waals surface area contributed by atoms with Gasteiger partial charge in [0.1, 0.15) is 11.5 Å². The van der Waals surface area contributed by atoms with E-state index in [0.29, 0.717) is 12.5 Å². The molecule has 1 aromatic heterocycles. The Hall–Kier alpha value is -1.58. The van der Waals surface area contributed by atoms with E-state index in [2.05, 4.69) is 18.3 Å². The molecule has 1 saturated carbocycles. The van der Waals surface area contributed by atoms with Gasteiger partial charge in [-0.3, -0.25) is 0 Å². The molecule has 106 valence electrons. The monoisotopic (exact) mass is 271 g/mol. The van der Waals surface area contributed by atoms with Crippen LogP contribution in [0, 0.1) is 5.92 Å². The van der Waals surface area contributed by atoms with Crippen molar-refractivity contribution >= 4 is 0 Å². The predicted octanol–water partition coefficient (Wildman–Crippen LogP) is 3.23. The number of rotatable bonds is 6. The number of benzene rings is 1. The Morgan fingerprint density at radius 3 is 2.65 bits per heavy atom. The lowest BCUT2D eigenvalue weighted by Crippen LogP contribution is -2.23. The minimum atomic E-state index is -0.0513. The quantitative estimate of drug-likeness (QED) is 0.848. The van der Waals surface area contributed by atoms with Gasteiger partial charge in [-0.25, -0.2) is 0 Å². The number of hydrogen-bond donors (Lipinski definition) is 2. The highest BCUT2D eigenvalue weighted by Gasteiger charge is 2.36. The van der Waals surface area contributed by atoms with E-state index in [0.717, 1.165) is 23.0 Å². The van der Waals surface area contributed by atoms with Gasteiger partial charge >= 0.3 is 0 Å². The minimum Gasteiger partial charge on any atom is -0.464 e. The molecule has 0 amide bonds. The van der Waals surface area contributed by atoms with Crippen molar-refractivity contribution in [3.05, 3.63) is 59.5 Å². The van der Waals surface area contributed by atoms with Crippen LogP contribution in [-0.4, -0.2) is 11.7 Å².